The van der Waals surface area contributed by atoms with E-state index in [2.05, 4.69) is 11.8 Å². The van der Waals surface area contributed by atoms with Crippen LogP contribution in [0.1, 0.15) is 41.7 Å². The largest absolute Gasteiger partial charge is 0.486 e. The molecular weight excluding hydrogens is 392 g/mol. The highest BCUT2D eigenvalue weighted by atomic mass is 35.5. The number of ether oxygens (including phenoxy) is 2. The first-order chi connectivity index (χ1) is 14.0. The van der Waals surface area contributed by atoms with Crippen LogP contribution in [0.25, 0.3) is 0 Å². The van der Waals surface area contributed by atoms with Crippen LogP contribution in [0.3, 0.4) is 0 Å². The number of carbonyl (C=O) groups is 2. The molecule has 1 aliphatic carbocycles. The average Bonchev–Trinajstić information content (AvgIpc) is 3.54. The molecule has 0 aromatic heterocycles. The number of amides is 1. The van der Waals surface area contributed by atoms with Crippen LogP contribution in [-0.2, 0) is 4.79 Å². The van der Waals surface area contributed by atoms with E-state index in [0.717, 1.165) is 18.4 Å². The van der Waals surface area contributed by atoms with E-state index >= 15 is 0 Å². The number of carbonyl (C=O) groups excluding carboxylic acids is 2. The SMILES string of the molecule is C[C@@H](c1ccccc1Cl)N(CN1C(=O)C(=O)c2cc3c(cc21)OCCO3)C1CC1. The van der Waals surface area contributed by atoms with Crippen LogP contribution in [-0.4, -0.2) is 42.5 Å². The fraction of sp³-hybridized carbons (Fsp3) is 0.364. The molecule has 5 rings (SSSR count). The number of Topliss-reactive ketones (excluding diaryl/α,β-unsaturated/α-hetero) is 1. The molecular formula is C22H21ClN2O4. The van der Waals surface area contributed by atoms with Crippen LogP contribution in [0.5, 0.6) is 11.5 Å². The Labute approximate surface area is 173 Å². The highest BCUT2D eigenvalue weighted by Crippen LogP contribution is 2.42. The third-order valence-corrected chi connectivity index (χ3v) is 6.15. The molecule has 7 heteroatoms. The fourth-order valence-corrected chi connectivity index (χ4v) is 4.38. The van der Waals surface area contributed by atoms with Crippen molar-refractivity contribution in [1.82, 2.24) is 4.90 Å². The van der Waals surface area contributed by atoms with E-state index in [1.165, 1.54) is 0 Å². The summed E-state index contributed by atoms with van der Waals surface area (Å²) in [6, 6.07) is 11.5. The summed E-state index contributed by atoms with van der Waals surface area (Å²) in [5.41, 5.74) is 1.98. The minimum absolute atomic E-state index is 0.0142. The number of fused-ring (bicyclic) bond motifs is 2. The number of hydrogen-bond donors (Lipinski definition) is 0. The van der Waals surface area contributed by atoms with Crippen LogP contribution in [0.2, 0.25) is 5.02 Å². The number of hydrogen-bond acceptors (Lipinski definition) is 5. The second-order valence-electron chi connectivity index (χ2n) is 7.66. The summed E-state index contributed by atoms with van der Waals surface area (Å²) in [4.78, 5) is 29.3. The van der Waals surface area contributed by atoms with Crippen LogP contribution in [0.4, 0.5) is 5.69 Å². The number of rotatable bonds is 5. The van der Waals surface area contributed by atoms with Gasteiger partial charge in [-0.1, -0.05) is 29.8 Å². The van der Waals surface area contributed by atoms with Gasteiger partial charge in [-0.15, -0.1) is 0 Å². The normalized spacial score (nSPS) is 18.9. The Morgan fingerprint density at radius 3 is 2.52 bits per heavy atom. The molecule has 1 atom stereocenters. The second-order valence-corrected chi connectivity index (χ2v) is 8.07. The Hall–Kier alpha value is -2.57. The zero-order valence-corrected chi connectivity index (χ0v) is 16.8. The second kappa shape index (κ2) is 7.04. The summed E-state index contributed by atoms with van der Waals surface area (Å²) in [7, 11) is 0. The lowest BCUT2D eigenvalue weighted by Crippen LogP contribution is -2.43. The zero-order chi connectivity index (χ0) is 20.1. The number of benzene rings is 2. The highest BCUT2D eigenvalue weighted by molar-refractivity contribution is 6.52. The molecule has 2 aromatic rings. The van der Waals surface area contributed by atoms with Gasteiger partial charge in [-0.25, -0.2) is 0 Å². The third kappa shape index (κ3) is 3.16. The summed E-state index contributed by atoms with van der Waals surface area (Å²) in [6.07, 6.45) is 2.14. The van der Waals surface area contributed by atoms with Crippen molar-refractivity contribution < 1.29 is 19.1 Å². The lowest BCUT2D eigenvalue weighted by atomic mass is 10.1. The van der Waals surface area contributed by atoms with Crippen molar-refractivity contribution in [2.24, 2.45) is 0 Å². The van der Waals surface area contributed by atoms with Gasteiger partial charge in [-0.2, -0.15) is 0 Å². The van der Waals surface area contributed by atoms with E-state index in [9.17, 15) is 9.59 Å². The summed E-state index contributed by atoms with van der Waals surface area (Å²) in [5.74, 6) is 0.0681. The van der Waals surface area contributed by atoms with Crippen molar-refractivity contribution in [2.45, 2.75) is 31.8 Å². The molecule has 1 fully saturated rings. The van der Waals surface area contributed by atoms with E-state index in [1.54, 1.807) is 17.0 Å². The molecule has 29 heavy (non-hydrogen) atoms. The van der Waals surface area contributed by atoms with Gasteiger partial charge < -0.3 is 9.47 Å². The molecule has 0 saturated heterocycles. The molecule has 1 saturated carbocycles. The summed E-state index contributed by atoms with van der Waals surface area (Å²) < 4.78 is 11.2. The van der Waals surface area contributed by atoms with E-state index in [0.29, 0.717) is 53.7 Å². The summed E-state index contributed by atoms with van der Waals surface area (Å²) in [6.45, 7) is 3.30. The quantitative estimate of drug-likeness (QED) is 0.698. The number of anilines is 1. The molecule has 1 amide bonds. The highest BCUT2D eigenvalue weighted by Gasteiger charge is 2.42. The summed E-state index contributed by atoms with van der Waals surface area (Å²) in [5, 5.41) is 0.703. The minimum Gasteiger partial charge on any atom is -0.486 e. The zero-order valence-electron chi connectivity index (χ0n) is 16.1. The van der Waals surface area contributed by atoms with Crippen LogP contribution >= 0.6 is 11.6 Å². The molecule has 2 heterocycles. The molecule has 2 aliphatic heterocycles. The number of halogens is 1. The summed E-state index contributed by atoms with van der Waals surface area (Å²) >= 11 is 6.43. The van der Waals surface area contributed by atoms with Crippen molar-refractivity contribution in [1.29, 1.82) is 0 Å². The van der Waals surface area contributed by atoms with Crippen molar-refractivity contribution in [2.75, 3.05) is 24.8 Å². The number of ketones is 1. The maximum atomic E-state index is 12.8. The predicted molar refractivity (Wildman–Crippen MR) is 109 cm³/mol. The van der Waals surface area contributed by atoms with Gasteiger partial charge in [0.25, 0.3) is 5.78 Å². The van der Waals surface area contributed by atoms with Crippen molar-refractivity contribution >= 4 is 29.0 Å². The molecule has 2 aromatic carbocycles. The van der Waals surface area contributed by atoms with E-state index in [-0.39, 0.29) is 6.04 Å². The van der Waals surface area contributed by atoms with Crippen LogP contribution in [0, 0.1) is 0 Å². The lowest BCUT2D eigenvalue weighted by Gasteiger charge is -2.33. The monoisotopic (exact) mass is 412 g/mol. The van der Waals surface area contributed by atoms with Gasteiger partial charge >= 0.3 is 5.91 Å². The molecule has 0 N–H and O–H groups in total. The smallest absolute Gasteiger partial charge is 0.300 e. The molecule has 6 nitrogen and oxygen atoms in total. The maximum absolute atomic E-state index is 12.8. The third-order valence-electron chi connectivity index (χ3n) is 5.81. The van der Waals surface area contributed by atoms with Crippen molar-refractivity contribution in [3.8, 4) is 11.5 Å². The van der Waals surface area contributed by atoms with Crippen LogP contribution < -0.4 is 14.4 Å². The first-order valence-corrected chi connectivity index (χ1v) is 10.2. The standard InChI is InChI=1S/C22H21ClN2O4/c1-13(15-4-2-3-5-17(15)23)24(14-6-7-14)12-25-18-11-20-19(28-8-9-29-20)10-16(18)21(26)22(25)27/h2-5,10-11,13-14H,6-9,12H2,1H3/t13-/m0/s1. The fourth-order valence-electron chi connectivity index (χ4n) is 4.09. The van der Waals surface area contributed by atoms with Gasteiger partial charge in [0.05, 0.1) is 17.9 Å². The molecule has 0 unspecified atom stereocenters. The first kappa shape index (κ1) is 18.5. The Morgan fingerprint density at radius 2 is 1.83 bits per heavy atom. The average molecular weight is 413 g/mol. The van der Waals surface area contributed by atoms with E-state index in [4.69, 9.17) is 21.1 Å². The molecule has 0 spiro atoms. The van der Waals surface area contributed by atoms with Gasteiger partial charge in [0, 0.05) is 23.2 Å². The predicted octanol–water partition coefficient (Wildman–Crippen LogP) is 3.82. The Morgan fingerprint density at radius 1 is 1.14 bits per heavy atom. The van der Waals surface area contributed by atoms with E-state index < -0.39 is 11.7 Å². The van der Waals surface area contributed by atoms with Gasteiger partial charge in [0.2, 0.25) is 0 Å². The van der Waals surface area contributed by atoms with Crippen molar-refractivity contribution in [3.05, 3.63) is 52.5 Å². The lowest BCUT2D eigenvalue weighted by molar-refractivity contribution is -0.114. The minimum atomic E-state index is -0.514. The van der Waals surface area contributed by atoms with Crippen molar-refractivity contribution in [3.63, 3.8) is 0 Å². The maximum Gasteiger partial charge on any atom is 0.300 e. The van der Waals surface area contributed by atoms with Gasteiger partial charge in [0.15, 0.2) is 11.5 Å². The van der Waals surface area contributed by atoms with E-state index in [1.807, 2.05) is 24.3 Å². The molecule has 3 aliphatic rings. The van der Waals surface area contributed by atoms with Gasteiger partial charge in [-0.05, 0) is 37.5 Å². The molecule has 0 bridgehead atoms. The topological polar surface area (TPSA) is 59.1 Å². The molecule has 0 radical (unpaired) electrons. The van der Waals surface area contributed by atoms with Gasteiger partial charge in [-0.3, -0.25) is 19.4 Å². The molecule has 150 valence electrons. The number of nitrogens with zero attached hydrogens (tertiary/aromatic N) is 2. The van der Waals surface area contributed by atoms with Crippen LogP contribution in [0.15, 0.2) is 36.4 Å². The Balaban J connectivity index is 1.48. The Bertz CT molecular complexity index is 1000. The van der Waals surface area contributed by atoms with Gasteiger partial charge in [0.1, 0.15) is 13.2 Å². The first-order valence-electron chi connectivity index (χ1n) is 9.84. The Kier molecular flexibility index (Phi) is 4.48.